The molecule has 0 aliphatic heterocycles. The van der Waals surface area contributed by atoms with Crippen molar-refractivity contribution < 1.29 is 4.79 Å². The van der Waals surface area contributed by atoms with Crippen LogP contribution in [0.2, 0.25) is 0 Å². The summed E-state index contributed by atoms with van der Waals surface area (Å²) in [7, 11) is 0. The number of carbonyl (C=O) groups excluding carboxylic acids is 1. The number of rotatable bonds is 2. The quantitative estimate of drug-likeness (QED) is 0.696. The minimum absolute atomic E-state index is 0.456. The van der Waals surface area contributed by atoms with Gasteiger partial charge in [-0.3, -0.25) is 9.20 Å². The third-order valence-electron chi connectivity index (χ3n) is 3.04. The maximum Gasteiger partial charge on any atom is 0.172 e. The highest BCUT2D eigenvalue weighted by Gasteiger charge is 2.25. The summed E-state index contributed by atoms with van der Waals surface area (Å²) in [4.78, 5) is 19.4. The molecule has 1 saturated carbocycles. The SMILES string of the molecule is O=Cc1nc(C2CCC2)n2cccnc12. The number of fused-ring (bicyclic) bond motifs is 1. The van der Waals surface area contributed by atoms with E-state index in [1.807, 2.05) is 16.7 Å². The van der Waals surface area contributed by atoms with Gasteiger partial charge in [0.1, 0.15) is 11.5 Å². The van der Waals surface area contributed by atoms with Crippen molar-refractivity contribution in [2.75, 3.05) is 0 Å². The highest BCUT2D eigenvalue weighted by molar-refractivity contribution is 5.81. The summed E-state index contributed by atoms with van der Waals surface area (Å²) < 4.78 is 1.94. The second-order valence-electron chi connectivity index (χ2n) is 3.91. The Morgan fingerprint density at radius 1 is 1.47 bits per heavy atom. The Kier molecular flexibility index (Phi) is 1.80. The zero-order chi connectivity index (χ0) is 10.3. The average molecular weight is 201 g/mol. The summed E-state index contributed by atoms with van der Waals surface area (Å²) in [6.07, 6.45) is 8.00. The Hall–Kier alpha value is -1.71. The number of hydrogen-bond acceptors (Lipinski definition) is 3. The third-order valence-corrected chi connectivity index (χ3v) is 3.04. The number of carbonyl (C=O) groups is 1. The van der Waals surface area contributed by atoms with Gasteiger partial charge in [-0.25, -0.2) is 9.97 Å². The molecule has 3 rings (SSSR count). The average Bonchev–Trinajstić information content (AvgIpc) is 2.55. The van der Waals surface area contributed by atoms with Crippen molar-refractivity contribution in [2.24, 2.45) is 0 Å². The van der Waals surface area contributed by atoms with Crippen molar-refractivity contribution in [3.05, 3.63) is 30.0 Å². The lowest BCUT2D eigenvalue weighted by Crippen LogP contribution is -2.12. The van der Waals surface area contributed by atoms with E-state index >= 15 is 0 Å². The van der Waals surface area contributed by atoms with Crippen LogP contribution in [0.5, 0.6) is 0 Å². The third kappa shape index (κ3) is 1.17. The molecule has 0 unspecified atom stereocenters. The van der Waals surface area contributed by atoms with Gasteiger partial charge in [-0.2, -0.15) is 0 Å². The molecule has 1 fully saturated rings. The number of aromatic nitrogens is 3. The summed E-state index contributed by atoms with van der Waals surface area (Å²) in [5.74, 6) is 1.50. The highest BCUT2D eigenvalue weighted by atomic mass is 16.1. The number of imidazole rings is 1. The van der Waals surface area contributed by atoms with E-state index in [-0.39, 0.29) is 0 Å². The van der Waals surface area contributed by atoms with E-state index in [1.54, 1.807) is 6.20 Å². The van der Waals surface area contributed by atoms with E-state index in [2.05, 4.69) is 9.97 Å². The zero-order valence-electron chi connectivity index (χ0n) is 8.26. The smallest absolute Gasteiger partial charge is 0.172 e. The summed E-state index contributed by atoms with van der Waals surface area (Å²) in [6.45, 7) is 0. The summed E-state index contributed by atoms with van der Waals surface area (Å²) in [5, 5.41) is 0. The monoisotopic (exact) mass is 201 g/mol. The number of nitrogens with zero attached hydrogens (tertiary/aromatic N) is 3. The predicted octanol–water partition coefficient (Wildman–Crippen LogP) is 1.81. The van der Waals surface area contributed by atoms with E-state index in [9.17, 15) is 4.79 Å². The van der Waals surface area contributed by atoms with E-state index in [0.717, 1.165) is 12.1 Å². The molecular weight excluding hydrogens is 190 g/mol. The Morgan fingerprint density at radius 2 is 2.33 bits per heavy atom. The van der Waals surface area contributed by atoms with Crippen molar-refractivity contribution in [1.82, 2.24) is 14.4 Å². The van der Waals surface area contributed by atoms with Crippen molar-refractivity contribution in [2.45, 2.75) is 25.2 Å². The maximum absolute atomic E-state index is 10.8. The topological polar surface area (TPSA) is 47.3 Å². The molecule has 2 aromatic rings. The molecular formula is C11H11N3O. The van der Waals surface area contributed by atoms with Crippen LogP contribution < -0.4 is 0 Å². The molecule has 0 bridgehead atoms. The zero-order valence-corrected chi connectivity index (χ0v) is 8.26. The molecule has 0 aromatic carbocycles. The summed E-state index contributed by atoms with van der Waals surface area (Å²) in [6, 6.07) is 1.87. The molecule has 0 amide bonds. The molecule has 1 aliphatic rings. The fraction of sp³-hybridized carbons (Fsp3) is 0.364. The van der Waals surface area contributed by atoms with Gasteiger partial charge >= 0.3 is 0 Å². The van der Waals surface area contributed by atoms with Gasteiger partial charge < -0.3 is 0 Å². The molecule has 2 aromatic heterocycles. The van der Waals surface area contributed by atoms with Gasteiger partial charge in [-0.15, -0.1) is 0 Å². The normalized spacial score (nSPS) is 16.5. The van der Waals surface area contributed by atoms with Crippen LogP contribution >= 0.6 is 0 Å². The van der Waals surface area contributed by atoms with Gasteiger partial charge in [0.25, 0.3) is 0 Å². The fourth-order valence-corrected chi connectivity index (χ4v) is 2.01. The van der Waals surface area contributed by atoms with E-state index in [1.165, 1.54) is 19.3 Å². The van der Waals surface area contributed by atoms with Crippen LogP contribution in [0.4, 0.5) is 0 Å². The standard InChI is InChI=1S/C11H11N3O/c15-7-9-11-12-5-2-6-14(11)10(13-9)8-3-1-4-8/h2,5-8H,1,3-4H2. The first-order valence-corrected chi connectivity index (χ1v) is 5.18. The van der Waals surface area contributed by atoms with Crippen LogP contribution in [-0.2, 0) is 0 Å². The lowest BCUT2D eigenvalue weighted by atomic mass is 9.85. The van der Waals surface area contributed by atoms with E-state index < -0.39 is 0 Å². The molecule has 0 saturated heterocycles. The molecule has 0 N–H and O–H groups in total. The first kappa shape index (κ1) is 8.59. The second kappa shape index (κ2) is 3.15. The molecule has 2 heterocycles. The lowest BCUT2D eigenvalue weighted by molar-refractivity contribution is 0.112. The van der Waals surface area contributed by atoms with E-state index in [4.69, 9.17) is 0 Å². The van der Waals surface area contributed by atoms with Crippen molar-refractivity contribution in [3.63, 3.8) is 0 Å². The van der Waals surface area contributed by atoms with Gasteiger partial charge in [0.2, 0.25) is 0 Å². The Bertz CT molecular complexity index is 514. The predicted molar refractivity (Wildman–Crippen MR) is 55.0 cm³/mol. The first-order chi connectivity index (χ1) is 7.40. The molecule has 0 spiro atoms. The van der Waals surface area contributed by atoms with Crippen molar-refractivity contribution >= 4 is 11.9 Å². The molecule has 15 heavy (non-hydrogen) atoms. The molecule has 0 atom stereocenters. The minimum atomic E-state index is 0.456. The minimum Gasteiger partial charge on any atom is -0.296 e. The van der Waals surface area contributed by atoms with Gasteiger partial charge in [-0.05, 0) is 18.9 Å². The Morgan fingerprint density at radius 3 is 3.00 bits per heavy atom. The maximum atomic E-state index is 10.8. The lowest BCUT2D eigenvalue weighted by Gasteiger charge is -2.23. The number of hydrogen-bond donors (Lipinski definition) is 0. The van der Waals surface area contributed by atoms with Gasteiger partial charge in [0.15, 0.2) is 11.9 Å². The van der Waals surface area contributed by atoms with Crippen molar-refractivity contribution in [1.29, 1.82) is 0 Å². The Labute approximate surface area is 87.0 Å². The molecule has 4 nitrogen and oxygen atoms in total. The van der Waals surface area contributed by atoms with Gasteiger partial charge in [-0.1, -0.05) is 6.42 Å². The molecule has 76 valence electrons. The summed E-state index contributed by atoms with van der Waals surface area (Å²) >= 11 is 0. The van der Waals surface area contributed by atoms with Crippen LogP contribution in [0, 0.1) is 0 Å². The second-order valence-corrected chi connectivity index (χ2v) is 3.91. The molecule has 0 radical (unpaired) electrons. The van der Waals surface area contributed by atoms with Crippen LogP contribution in [0.1, 0.15) is 41.5 Å². The van der Waals surface area contributed by atoms with Gasteiger partial charge in [0, 0.05) is 18.3 Å². The van der Waals surface area contributed by atoms with Crippen LogP contribution in [0.25, 0.3) is 5.65 Å². The van der Waals surface area contributed by atoms with Crippen LogP contribution in [0.3, 0.4) is 0 Å². The van der Waals surface area contributed by atoms with E-state index in [0.29, 0.717) is 17.3 Å². The van der Waals surface area contributed by atoms with Gasteiger partial charge in [0.05, 0.1) is 0 Å². The highest BCUT2D eigenvalue weighted by Crippen LogP contribution is 2.35. The van der Waals surface area contributed by atoms with Crippen LogP contribution in [-0.4, -0.2) is 20.7 Å². The van der Waals surface area contributed by atoms with Crippen molar-refractivity contribution in [3.8, 4) is 0 Å². The van der Waals surface area contributed by atoms with Crippen LogP contribution in [0.15, 0.2) is 18.5 Å². The first-order valence-electron chi connectivity index (χ1n) is 5.18. The largest absolute Gasteiger partial charge is 0.296 e. The Balaban J connectivity index is 2.24. The summed E-state index contributed by atoms with van der Waals surface area (Å²) in [5.41, 5.74) is 1.13. The molecule has 1 aliphatic carbocycles. The number of aldehydes is 1. The molecule has 4 heteroatoms. The fourth-order valence-electron chi connectivity index (χ4n) is 2.01.